The first-order valence-electron chi connectivity index (χ1n) is 8.71. The second kappa shape index (κ2) is 8.26. The van der Waals surface area contributed by atoms with E-state index in [0.717, 1.165) is 24.3 Å². The molecule has 0 aliphatic rings. The van der Waals surface area contributed by atoms with Gasteiger partial charge in [0, 0.05) is 33.9 Å². The van der Waals surface area contributed by atoms with Crippen molar-refractivity contribution in [1.82, 2.24) is 15.1 Å². The summed E-state index contributed by atoms with van der Waals surface area (Å²) in [7, 11) is 0. The minimum absolute atomic E-state index is 0.121. The van der Waals surface area contributed by atoms with Gasteiger partial charge in [-0.1, -0.05) is 59.6 Å². The monoisotopic (exact) mass is 387 g/mol. The van der Waals surface area contributed by atoms with Crippen LogP contribution in [-0.4, -0.2) is 9.78 Å². The number of rotatable bonds is 6. The zero-order valence-electron chi connectivity index (χ0n) is 15.3. The molecule has 0 saturated carbocycles. The molecule has 1 aromatic heterocycles. The molecule has 2 aromatic carbocycles. The van der Waals surface area contributed by atoms with Crippen LogP contribution in [0.15, 0.2) is 48.5 Å². The van der Waals surface area contributed by atoms with Gasteiger partial charge in [0.2, 0.25) is 0 Å². The lowest BCUT2D eigenvalue weighted by molar-refractivity contribution is 0.571. The molecule has 0 aliphatic carbocycles. The third-order valence-electron chi connectivity index (χ3n) is 4.72. The number of hydrogen-bond acceptors (Lipinski definition) is 2. The lowest BCUT2D eigenvalue weighted by Crippen LogP contribution is -2.19. The molecular formula is C21H23Cl2N3. The van der Waals surface area contributed by atoms with E-state index in [4.69, 9.17) is 28.3 Å². The minimum atomic E-state index is 0.121. The summed E-state index contributed by atoms with van der Waals surface area (Å²) >= 11 is 12.3. The van der Waals surface area contributed by atoms with Crippen LogP contribution >= 0.6 is 23.2 Å². The summed E-state index contributed by atoms with van der Waals surface area (Å²) in [5.41, 5.74) is 5.77. The van der Waals surface area contributed by atoms with E-state index in [1.807, 2.05) is 18.2 Å². The zero-order chi connectivity index (χ0) is 18.7. The van der Waals surface area contributed by atoms with Crippen molar-refractivity contribution in [3.8, 4) is 0 Å². The van der Waals surface area contributed by atoms with Crippen LogP contribution in [0.4, 0.5) is 0 Å². The molecule has 1 heterocycles. The van der Waals surface area contributed by atoms with E-state index in [0.29, 0.717) is 10.0 Å². The van der Waals surface area contributed by atoms with E-state index < -0.39 is 0 Å². The molecule has 26 heavy (non-hydrogen) atoms. The van der Waals surface area contributed by atoms with E-state index in [1.165, 1.54) is 16.8 Å². The molecule has 0 spiro atoms. The maximum absolute atomic E-state index is 6.32. The molecule has 0 bridgehead atoms. The smallest absolute Gasteiger partial charge is 0.0662 e. The van der Waals surface area contributed by atoms with Gasteiger partial charge in [-0.3, -0.25) is 4.68 Å². The first kappa shape index (κ1) is 19.0. The van der Waals surface area contributed by atoms with Gasteiger partial charge in [-0.2, -0.15) is 5.10 Å². The Balaban J connectivity index is 1.72. The number of aromatic nitrogens is 2. The van der Waals surface area contributed by atoms with Gasteiger partial charge in [0.25, 0.3) is 0 Å². The fourth-order valence-electron chi connectivity index (χ4n) is 3.12. The van der Waals surface area contributed by atoms with Crippen molar-refractivity contribution in [3.05, 3.63) is 86.7 Å². The average Bonchev–Trinajstić information content (AvgIpc) is 2.87. The maximum Gasteiger partial charge on any atom is 0.0662 e. The summed E-state index contributed by atoms with van der Waals surface area (Å²) in [6.45, 7) is 7.82. The van der Waals surface area contributed by atoms with E-state index >= 15 is 0 Å². The summed E-state index contributed by atoms with van der Waals surface area (Å²) in [5.74, 6) is 0. The highest BCUT2D eigenvalue weighted by Gasteiger charge is 2.15. The Hall–Kier alpha value is -1.81. The van der Waals surface area contributed by atoms with Gasteiger partial charge >= 0.3 is 0 Å². The number of halogens is 2. The van der Waals surface area contributed by atoms with Gasteiger partial charge in [-0.25, -0.2) is 0 Å². The second-order valence-corrected chi connectivity index (χ2v) is 7.40. The van der Waals surface area contributed by atoms with Gasteiger partial charge in [-0.15, -0.1) is 0 Å². The van der Waals surface area contributed by atoms with Gasteiger partial charge in [-0.05, 0) is 44.0 Å². The lowest BCUT2D eigenvalue weighted by atomic mass is 10.1. The van der Waals surface area contributed by atoms with Crippen LogP contribution in [0.5, 0.6) is 0 Å². The Labute approximate surface area is 164 Å². The van der Waals surface area contributed by atoms with Gasteiger partial charge in [0.15, 0.2) is 0 Å². The van der Waals surface area contributed by atoms with E-state index in [9.17, 15) is 0 Å². The van der Waals surface area contributed by atoms with E-state index in [1.54, 1.807) is 6.07 Å². The molecule has 1 atom stereocenters. The third-order valence-corrected chi connectivity index (χ3v) is 5.28. The van der Waals surface area contributed by atoms with Crippen molar-refractivity contribution in [2.45, 2.75) is 39.9 Å². The predicted octanol–water partition coefficient (Wildman–Crippen LogP) is 5.71. The quantitative estimate of drug-likeness (QED) is 0.587. The predicted molar refractivity (Wildman–Crippen MR) is 109 cm³/mol. The molecule has 3 rings (SSSR count). The third kappa shape index (κ3) is 4.29. The SMILES string of the molecule is Cc1nn(Cc2ccccc2)c(C)c1CN[C@H](C)c1ccc(Cl)cc1Cl. The second-order valence-electron chi connectivity index (χ2n) is 6.56. The standard InChI is InChI=1S/C21H23Cl2N3/c1-14(19-10-9-18(22)11-21(19)23)24-12-20-15(2)25-26(16(20)3)13-17-7-5-4-6-8-17/h4-11,14,24H,12-13H2,1-3H3/t14-/m1/s1. The first-order valence-corrected chi connectivity index (χ1v) is 9.46. The highest BCUT2D eigenvalue weighted by molar-refractivity contribution is 6.35. The number of nitrogens with zero attached hydrogens (tertiary/aromatic N) is 2. The Bertz CT molecular complexity index is 888. The van der Waals surface area contributed by atoms with Crippen LogP contribution in [0.25, 0.3) is 0 Å². The summed E-state index contributed by atoms with van der Waals surface area (Å²) < 4.78 is 2.07. The van der Waals surface area contributed by atoms with Crippen LogP contribution in [0.2, 0.25) is 10.0 Å². The summed E-state index contributed by atoms with van der Waals surface area (Å²) in [6.07, 6.45) is 0. The van der Waals surface area contributed by atoms with Crippen LogP contribution in [0.3, 0.4) is 0 Å². The van der Waals surface area contributed by atoms with Crippen molar-refractivity contribution in [2.24, 2.45) is 0 Å². The van der Waals surface area contributed by atoms with Gasteiger partial charge in [0.1, 0.15) is 0 Å². The average molecular weight is 388 g/mol. The fourth-order valence-corrected chi connectivity index (χ4v) is 3.69. The highest BCUT2D eigenvalue weighted by Crippen LogP contribution is 2.26. The van der Waals surface area contributed by atoms with E-state index in [2.05, 4.69) is 55.0 Å². The molecule has 136 valence electrons. The van der Waals surface area contributed by atoms with Gasteiger partial charge < -0.3 is 5.32 Å². The van der Waals surface area contributed by atoms with Gasteiger partial charge in [0.05, 0.1) is 12.2 Å². The number of aryl methyl sites for hydroxylation is 1. The van der Waals surface area contributed by atoms with Crippen molar-refractivity contribution in [3.63, 3.8) is 0 Å². The number of benzene rings is 2. The number of hydrogen-bond donors (Lipinski definition) is 1. The Morgan fingerprint density at radius 3 is 2.50 bits per heavy atom. The molecule has 0 aliphatic heterocycles. The lowest BCUT2D eigenvalue weighted by Gasteiger charge is -2.16. The van der Waals surface area contributed by atoms with Crippen molar-refractivity contribution in [1.29, 1.82) is 0 Å². The van der Waals surface area contributed by atoms with Crippen molar-refractivity contribution < 1.29 is 0 Å². The molecule has 5 heteroatoms. The molecule has 3 aromatic rings. The van der Waals surface area contributed by atoms with Crippen molar-refractivity contribution >= 4 is 23.2 Å². The highest BCUT2D eigenvalue weighted by atomic mass is 35.5. The molecule has 0 unspecified atom stereocenters. The summed E-state index contributed by atoms with van der Waals surface area (Å²) in [5, 5.41) is 9.61. The molecule has 1 N–H and O–H groups in total. The summed E-state index contributed by atoms with van der Waals surface area (Å²) in [4.78, 5) is 0. The maximum atomic E-state index is 6.32. The van der Waals surface area contributed by atoms with Crippen LogP contribution in [0, 0.1) is 13.8 Å². The fraction of sp³-hybridized carbons (Fsp3) is 0.286. The zero-order valence-corrected chi connectivity index (χ0v) is 16.8. The molecular weight excluding hydrogens is 365 g/mol. The topological polar surface area (TPSA) is 29.9 Å². The van der Waals surface area contributed by atoms with E-state index in [-0.39, 0.29) is 6.04 Å². The minimum Gasteiger partial charge on any atom is -0.306 e. The molecule has 0 radical (unpaired) electrons. The Kier molecular flexibility index (Phi) is 6.02. The largest absolute Gasteiger partial charge is 0.306 e. The number of nitrogens with one attached hydrogen (secondary N) is 1. The van der Waals surface area contributed by atoms with Crippen LogP contribution < -0.4 is 5.32 Å². The van der Waals surface area contributed by atoms with Crippen molar-refractivity contribution in [2.75, 3.05) is 0 Å². The Morgan fingerprint density at radius 2 is 1.81 bits per heavy atom. The van der Waals surface area contributed by atoms with Crippen LogP contribution in [-0.2, 0) is 13.1 Å². The molecule has 0 saturated heterocycles. The molecule has 3 nitrogen and oxygen atoms in total. The normalized spacial score (nSPS) is 12.3. The molecule has 0 amide bonds. The van der Waals surface area contributed by atoms with Crippen LogP contribution in [0.1, 0.15) is 41.0 Å². The summed E-state index contributed by atoms with van der Waals surface area (Å²) in [6, 6.07) is 16.1. The Morgan fingerprint density at radius 1 is 1.08 bits per heavy atom. The molecule has 0 fully saturated rings. The first-order chi connectivity index (χ1) is 12.5.